The van der Waals surface area contributed by atoms with E-state index < -0.39 is 0 Å². The number of rotatable bonds is 8. The topological polar surface area (TPSA) is 58.2 Å². The lowest BCUT2D eigenvalue weighted by Crippen LogP contribution is -2.26. The van der Waals surface area contributed by atoms with Gasteiger partial charge in [0.25, 0.3) is 5.91 Å². The number of amides is 2. The normalized spacial score (nSPS) is 10.3. The third-order valence-corrected chi connectivity index (χ3v) is 4.66. The van der Waals surface area contributed by atoms with Crippen molar-refractivity contribution in [2.24, 2.45) is 0 Å². The van der Waals surface area contributed by atoms with Crippen molar-refractivity contribution in [3.63, 3.8) is 0 Å². The predicted octanol–water partition coefficient (Wildman–Crippen LogP) is 4.26. The second-order valence-corrected chi connectivity index (χ2v) is 6.85. The van der Waals surface area contributed by atoms with Gasteiger partial charge in [-0.05, 0) is 37.6 Å². The summed E-state index contributed by atoms with van der Waals surface area (Å²) >= 11 is 1.47. The zero-order valence-electron chi connectivity index (χ0n) is 14.7. The summed E-state index contributed by atoms with van der Waals surface area (Å²) in [5, 5.41) is 5.72. The van der Waals surface area contributed by atoms with E-state index in [-0.39, 0.29) is 11.8 Å². The number of unbranched alkanes of at least 4 members (excludes halogenated alkanes) is 1. The van der Waals surface area contributed by atoms with E-state index in [1.165, 1.54) is 17.3 Å². The number of hydrogen-bond acceptors (Lipinski definition) is 3. The van der Waals surface area contributed by atoms with Crippen LogP contribution in [0.2, 0.25) is 0 Å². The van der Waals surface area contributed by atoms with Crippen LogP contribution in [0.4, 0.5) is 5.69 Å². The lowest BCUT2D eigenvalue weighted by Gasteiger charge is -2.11. The molecule has 0 saturated heterocycles. The molecule has 0 unspecified atom stereocenters. The van der Waals surface area contributed by atoms with E-state index in [2.05, 4.69) is 17.6 Å². The van der Waals surface area contributed by atoms with Crippen molar-refractivity contribution in [1.29, 1.82) is 0 Å². The fraction of sp³-hybridized carbons (Fsp3) is 0.300. The smallest absolute Gasteiger partial charge is 0.253 e. The number of thioether (sulfide) groups is 1. The second-order valence-electron chi connectivity index (χ2n) is 5.80. The molecule has 0 fully saturated rings. The maximum atomic E-state index is 12.3. The van der Waals surface area contributed by atoms with Gasteiger partial charge in [-0.25, -0.2) is 0 Å². The van der Waals surface area contributed by atoms with Gasteiger partial charge in [0.2, 0.25) is 5.91 Å². The van der Waals surface area contributed by atoms with Crippen molar-refractivity contribution >= 4 is 29.3 Å². The molecule has 2 aromatic carbocycles. The van der Waals surface area contributed by atoms with Crippen LogP contribution < -0.4 is 10.6 Å². The molecule has 2 N–H and O–H groups in total. The van der Waals surface area contributed by atoms with E-state index in [0.717, 1.165) is 17.7 Å². The summed E-state index contributed by atoms with van der Waals surface area (Å²) in [7, 11) is 0. The lowest BCUT2D eigenvalue weighted by molar-refractivity contribution is -0.113. The van der Waals surface area contributed by atoms with E-state index in [9.17, 15) is 9.59 Å². The molecule has 0 aliphatic rings. The van der Waals surface area contributed by atoms with Gasteiger partial charge < -0.3 is 10.6 Å². The molecule has 5 heteroatoms. The van der Waals surface area contributed by atoms with Gasteiger partial charge in [0.05, 0.1) is 17.0 Å². The Morgan fingerprint density at radius 2 is 1.76 bits per heavy atom. The molecule has 0 bridgehead atoms. The Balaban J connectivity index is 1.93. The molecule has 4 nitrogen and oxygen atoms in total. The first-order valence-electron chi connectivity index (χ1n) is 8.46. The number of carbonyl (C=O) groups excluding carboxylic acids is 2. The molecular weight excluding hydrogens is 332 g/mol. The van der Waals surface area contributed by atoms with Gasteiger partial charge in [0.15, 0.2) is 0 Å². The van der Waals surface area contributed by atoms with Crippen LogP contribution in [-0.4, -0.2) is 24.1 Å². The molecule has 2 aromatic rings. The van der Waals surface area contributed by atoms with Crippen LogP contribution in [0.15, 0.2) is 53.4 Å². The Labute approximate surface area is 153 Å². The van der Waals surface area contributed by atoms with E-state index in [1.54, 1.807) is 18.2 Å². The van der Waals surface area contributed by atoms with Gasteiger partial charge in [0.1, 0.15) is 0 Å². The lowest BCUT2D eigenvalue weighted by atomic mass is 10.1. The summed E-state index contributed by atoms with van der Waals surface area (Å²) in [6.07, 6.45) is 1.96. The van der Waals surface area contributed by atoms with Crippen molar-refractivity contribution in [3.8, 4) is 0 Å². The molecule has 0 heterocycles. The van der Waals surface area contributed by atoms with Crippen LogP contribution in [0.3, 0.4) is 0 Å². The molecule has 0 aliphatic carbocycles. The number of nitrogens with one attached hydrogen (secondary N) is 2. The van der Waals surface area contributed by atoms with Gasteiger partial charge >= 0.3 is 0 Å². The summed E-state index contributed by atoms with van der Waals surface area (Å²) in [6, 6.07) is 15.1. The molecule has 0 aliphatic heterocycles. The van der Waals surface area contributed by atoms with Crippen LogP contribution in [0, 0.1) is 6.92 Å². The number of carbonyl (C=O) groups is 2. The van der Waals surface area contributed by atoms with Crippen molar-refractivity contribution in [1.82, 2.24) is 5.32 Å². The highest BCUT2D eigenvalue weighted by atomic mass is 32.2. The summed E-state index contributed by atoms with van der Waals surface area (Å²) in [4.78, 5) is 25.5. The number of hydrogen-bond donors (Lipinski definition) is 2. The van der Waals surface area contributed by atoms with Crippen molar-refractivity contribution < 1.29 is 9.59 Å². The molecule has 0 spiro atoms. The van der Waals surface area contributed by atoms with Crippen molar-refractivity contribution in [3.05, 3.63) is 59.7 Å². The highest BCUT2D eigenvalue weighted by molar-refractivity contribution is 8.00. The summed E-state index contributed by atoms with van der Waals surface area (Å²) in [5.41, 5.74) is 2.23. The van der Waals surface area contributed by atoms with E-state index in [4.69, 9.17) is 0 Å². The summed E-state index contributed by atoms with van der Waals surface area (Å²) in [6.45, 7) is 4.75. The average molecular weight is 356 g/mol. The quantitative estimate of drug-likeness (QED) is 0.549. The minimum absolute atomic E-state index is 0.126. The minimum atomic E-state index is -0.157. The summed E-state index contributed by atoms with van der Waals surface area (Å²) in [5.74, 6) is 0.0180. The minimum Gasteiger partial charge on any atom is -0.352 e. The standard InChI is InChI=1S/C20H24N2O2S/c1-3-4-13-21-20(24)17-7-5-6-8-18(17)22-19(23)14-25-16-11-9-15(2)10-12-16/h5-12H,3-4,13-14H2,1-2H3,(H,21,24)(H,22,23). The third-order valence-electron chi connectivity index (χ3n) is 3.65. The maximum absolute atomic E-state index is 12.3. The number of aryl methyl sites for hydroxylation is 1. The Morgan fingerprint density at radius 3 is 2.48 bits per heavy atom. The van der Waals surface area contributed by atoms with Gasteiger partial charge in [-0.3, -0.25) is 9.59 Å². The highest BCUT2D eigenvalue weighted by Gasteiger charge is 2.12. The largest absolute Gasteiger partial charge is 0.352 e. The van der Waals surface area contributed by atoms with Gasteiger partial charge in [-0.2, -0.15) is 0 Å². The number of para-hydroxylation sites is 1. The SMILES string of the molecule is CCCCNC(=O)c1ccccc1NC(=O)CSc1ccc(C)cc1. The van der Waals surface area contributed by atoms with Crippen LogP contribution in [-0.2, 0) is 4.79 Å². The van der Waals surface area contributed by atoms with Crippen molar-refractivity contribution in [2.75, 3.05) is 17.6 Å². The fourth-order valence-electron chi connectivity index (χ4n) is 2.23. The molecule has 132 valence electrons. The molecular formula is C20H24N2O2S. The zero-order valence-corrected chi connectivity index (χ0v) is 15.5. The number of benzene rings is 2. The molecule has 2 rings (SSSR count). The predicted molar refractivity (Wildman–Crippen MR) is 104 cm³/mol. The molecule has 0 radical (unpaired) electrons. The average Bonchev–Trinajstić information content (AvgIpc) is 2.62. The van der Waals surface area contributed by atoms with Crippen LogP contribution in [0.1, 0.15) is 35.7 Å². The van der Waals surface area contributed by atoms with Gasteiger partial charge in [0, 0.05) is 11.4 Å². The molecule has 0 aromatic heterocycles. The number of anilines is 1. The van der Waals surface area contributed by atoms with Crippen LogP contribution in [0.5, 0.6) is 0 Å². The molecule has 2 amide bonds. The zero-order chi connectivity index (χ0) is 18.1. The molecule has 0 saturated carbocycles. The summed E-state index contributed by atoms with van der Waals surface area (Å²) < 4.78 is 0. The Hall–Kier alpha value is -2.27. The van der Waals surface area contributed by atoms with Crippen molar-refractivity contribution in [2.45, 2.75) is 31.6 Å². The van der Waals surface area contributed by atoms with E-state index in [1.807, 2.05) is 37.3 Å². The Morgan fingerprint density at radius 1 is 1.04 bits per heavy atom. The van der Waals surface area contributed by atoms with Gasteiger partial charge in [-0.1, -0.05) is 43.2 Å². The van der Waals surface area contributed by atoms with E-state index in [0.29, 0.717) is 23.5 Å². The second kappa shape index (κ2) is 9.89. The molecule has 0 atom stereocenters. The Bertz CT molecular complexity index is 714. The maximum Gasteiger partial charge on any atom is 0.253 e. The fourth-order valence-corrected chi connectivity index (χ4v) is 2.93. The van der Waals surface area contributed by atoms with Crippen LogP contribution in [0.25, 0.3) is 0 Å². The van der Waals surface area contributed by atoms with E-state index >= 15 is 0 Å². The van der Waals surface area contributed by atoms with Crippen LogP contribution >= 0.6 is 11.8 Å². The third kappa shape index (κ3) is 6.27. The first-order chi connectivity index (χ1) is 12.1. The highest BCUT2D eigenvalue weighted by Crippen LogP contribution is 2.20. The first-order valence-corrected chi connectivity index (χ1v) is 9.45. The Kier molecular flexibility index (Phi) is 7.54. The monoisotopic (exact) mass is 356 g/mol. The first kappa shape index (κ1) is 19.1. The molecule has 25 heavy (non-hydrogen) atoms. The van der Waals surface area contributed by atoms with Gasteiger partial charge in [-0.15, -0.1) is 11.8 Å².